The van der Waals surface area contributed by atoms with E-state index in [0.717, 1.165) is 18.9 Å². The van der Waals surface area contributed by atoms with Crippen LogP contribution in [0, 0.1) is 5.92 Å². The van der Waals surface area contributed by atoms with Crippen molar-refractivity contribution in [2.45, 2.75) is 32.6 Å². The summed E-state index contributed by atoms with van der Waals surface area (Å²) in [6.45, 7) is 3.65. The number of hydrogen-bond acceptors (Lipinski definition) is 3. The normalized spacial score (nSPS) is 15.6. The molecule has 0 aliphatic heterocycles. The fourth-order valence-electron chi connectivity index (χ4n) is 2.37. The van der Waals surface area contributed by atoms with Crippen molar-refractivity contribution in [2.24, 2.45) is 5.92 Å². The van der Waals surface area contributed by atoms with Crippen molar-refractivity contribution < 1.29 is 4.79 Å². The van der Waals surface area contributed by atoms with E-state index in [1.807, 2.05) is 19.1 Å². The van der Waals surface area contributed by atoms with Crippen LogP contribution < -0.4 is 10.6 Å². The molecule has 0 atom stereocenters. The maximum atomic E-state index is 11.9. The average molecular weight is 247 g/mol. The molecule has 1 heterocycles. The Morgan fingerprint density at radius 2 is 2.17 bits per heavy atom. The molecule has 4 heteroatoms. The van der Waals surface area contributed by atoms with E-state index in [2.05, 4.69) is 15.6 Å². The smallest absolute Gasteiger partial charge is 0.252 e. The molecule has 1 fully saturated rings. The number of aromatic nitrogens is 1. The van der Waals surface area contributed by atoms with Gasteiger partial charge in [0.1, 0.15) is 5.82 Å². The molecule has 2 N–H and O–H groups in total. The van der Waals surface area contributed by atoms with E-state index < -0.39 is 0 Å². The Labute approximate surface area is 108 Å². The van der Waals surface area contributed by atoms with Crippen LogP contribution >= 0.6 is 0 Å². The lowest BCUT2D eigenvalue weighted by atomic mass is 10.1. The van der Waals surface area contributed by atoms with Crippen LogP contribution in [0.1, 0.15) is 43.0 Å². The first kappa shape index (κ1) is 12.9. The summed E-state index contributed by atoms with van der Waals surface area (Å²) in [5, 5.41) is 6.10. The zero-order valence-electron chi connectivity index (χ0n) is 10.9. The van der Waals surface area contributed by atoms with Crippen LogP contribution in [-0.2, 0) is 0 Å². The van der Waals surface area contributed by atoms with Crippen LogP contribution in [-0.4, -0.2) is 24.0 Å². The monoisotopic (exact) mass is 247 g/mol. The number of amides is 1. The summed E-state index contributed by atoms with van der Waals surface area (Å²) in [6.07, 6.45) is 6.73. The fraction of sp³-hybridized carbons (Fsp3) is 0.571. The number of carbonyl (C=O) groups excluding carboxylic acids is 1. The third-order valence-electron chi connectivity index (χ3n) is 3.41. The van der Waals surface area contributed by atoms with Gasteiger partial charge in [0.2, 0.25) is 0 Å². The SMILES string of the molecule is CCNc1ccc(C(=O)NCC2CCCC2)cn1. The molecule has 0 aromatic carbocycles. The molecule has 98 valence electrons. The van der Waals surface area contributed by atoms with Gasteiger partial charge in [-0.15, -0.1) is 0 Å². The van der Waals surface area contributed by atoms with Gasteiger partial charge >= 0.3 is 0 Å². The van der Waals surface area contributed by atoms with Gasteiger partial charge in [-0.05, 0) is 37.8 Å². The molecule has 1 aromatic rings. The van der Waals surface area contributed by atoms with Gasteiger partial charge < -0.3 is 10.6 Å². The number of hydrogen-bond donors (Lipinski definition) is 2. The predicted molar refractivity (Wildman–Crippen MR) is 72.7 cm³/mol. The van der Waals surface area contributed by atoms with Crippen molar-refractivity contribution in [2.75, 3.05) is 18.4 Å². The van der Waals surface area contributed by atoms with E-state index in [4.69, 9.17) is 0 Å². The second-order valence-corrected chi connectivity index (χ2v) is 4.82. The number of pyridine rings is 1. The van der Waals surface area contributed by atoms with Gasteiger partial charge in [-0.2, -0.15) is 0 Å². The Kier molecular flexibility index (Phi) is 4.56. The fourth-order valence-corrected chi connectivity index (χ4v) is 2.37. The molecule has 0 bridgehead atoms. The Hall–Kier alpha value is -1.58. The van der Waals surface area contributed by atoms with Crippen molar-refractivity contribution in [3.8, 4) is 0 Å². The van der Waals surface area contributed by atoms with Crippen molar-refractivity contribution in [1.29, 1.82) is 0 Å². The number of nitrogens with one attached hydrogen (secondary N) is 2. The molecule has 1 aliphatic rings. The number of anilines is 1. The first-order valence-electron chi connectivity index (χ1n) is 6.77. The molecular weight excluding hydrogens is 226 g/mol. The van der Waals surface area contributed by atoms with Gasteiger partial charge in [-0.25, -0.2) is 4.98 Å². The van der Waals surface area contributed by atoms with E-state index in [0.29, 0.717) is 11.5 Å². The first-order chi connectivity index (χ1) is 8.79. The topological polar surface area (TPSA) is 54.0 Å². The molecule has 2 rings (SSSR count). The summed E-state index contributed by atoms with van der Waals surface area (Å²) in [4.78, 5) is 16.1. The average Bonchev–Trinajstić information content (AvgIpc) is 2.90. The van der Waals surface area contributed by atoms with Crippen LogP contribution in [0.4, 0.5) is 5.82 Å². The highest BCUT2D eigenvalue weighted by Crippen LogP contribution is 2.23. The minimum atomic E-state index is -0.0163. The summed E-state index contributed by atoms with van der Waals surface area (Å²) in [6, 6.07) is 3.66. The second-order valence-electron chi connectivity index (χ2n) is 4.82. The molecule has 0 radical (unpaired) electrons. The lowest BCUT2D eigenvalue weighted by molar-refractivity contribution is 0.0947. The molecule has 0 saturated heterocycles. The zero-order valence-corrected chi connectivity index (χ0v) is 10.9. The van der Waals surface area contributed by atoms with Crippen LogP contribution in [0.3, 0.4) is 0 Å². The van der Waals surface area contributed by atoms with Gasteiger partial charge in [0, 0.05) is 19.3 Å². The maximum Gasteiger partial charge on any atom is 0.252 e. The molecule has 1 saturated carbocycles. The number of nitrogens with zero attached hydrogens (tertiary/aromatic N) is 1. The number of carbonyl (C=O) groups is 1. The Morgan fingerprint density at radius 1 is 1.39 bits per heavy atom. The Bertz CT molecular complexity index is 383. The third-order valence-corrected chi connectivity index (χ3v) is 3.41. The van der Waals surface area contributed by atoms with Crippen LogP contribution in [0.15, 0.2) is 18.3 Å². The largest absolute Gasteiger partial charge is 0.370 e. The lowest BCUT2D eigenvalue weighted by Gasteiger charge is -2.10. The molecular formula is C14H21N3O. The van der Waals surface area contributed by atoms with Crippen molar-refractivity contribution in [1.82, 2.24) is 10.3 Å². The summed E-state index contributed by atoms with van der Waals surface area (Å²) >= 11 is 0. The molecule has 1 aliphatic carbocycles. The second kappa shape index (κ2) is 6.38. The molecule has 0 spiro atoms. The van der Waals surface area contributed by atoms with E-state index in [1.54, 1.807) is 6.20 Å². The van der Waals surface area contributed by atoms with Crippen LogP contribution in [0.5, 0.6) is 0 Å². The van der Waals surface area contributed by atoms with Gasteiger partial charge in [-0.1, -0.05) is 12.8 Å². The molecule has 1 aromatic heterocycles. The minimum Gasteiger partial charge on any atom is -0.370 e. The summed E-state index contributed by atoms with van der Waals surface area (Å²) < 4.78 is 0. The molecule has 4 nitrogen and oxygen atoms in total. The highest BCUT2D eigenvalue weighted by Gasteiger charge is 2.16. The molecule has 0 unspecified atom stereocenters. The van der Waals surface area contributed by atoms with E-state index >= 15 is 0 Å². The highest BCUT2D eigenvalue weighted by atomic mass is 16.1. The minimum absolute atomic E-state index is 0.0163. The standard InChI is InChI=1S/C14H21N3O/c1-2-15-13-8-7-12(10-16-13)14(18)17-9-11-5-3-4-6-11/h7-8,10-11H,2-6,9H2,1H3,(H,15,16)(H,17,18). The van der Waals surface area contributed by atoms with Crippen molar-refractivity contribution in [3.05, 3.63) is 23.9 Å². The Balaban J connectivity index is 1.83. The van der Waals surface area contributed by atoms with Crippen LogP contribution in [0.25, 0.3) is 0 Å². The van der Waals surface area contributed by atoms with E-state index in [9.17, 15) is 4.79 Å². The van der Waals surface area contributed by atoms with Gasteiger partial charge in [0.15, 0.2) is 0 Å². The maximum absolute atomic E-state index is 11.9. The Morgan fingerprint density at radius 3 is 2.78 bits per heavy atom. The molecule has 18 heavy (non-hydrogen) atoms. The summed E-state index contributed by atoms with van der Waals surface area (Å²) in [5.74, 6) is 1.46. The molecule has 1 amide bonds. The third kappa shape index (κ3) is 3.45. The zero-order chi connectivity index (χ0) is 12.8. The van der Waals surface area contributed by atoms with Crippen molar-refractivity contribution in [3.63, 3.8) is 0 Å². The van der Waals surface area contributed by atoms with Gasteiger partial charge in [0.05, 0.1) is 5.56 Å². The van der Waals surface area contributed by atoms with Gasteiger partial charge in [0.25, 0.3) is 5.91 Å². The highest BCUT2D eigenvalue weighted by molar-refractivity contribution is 5.94. The summed E-state index contributed by atoms with van der Waals surface area (Å²) in [5.41, 5.74) is 0.634. The van der Waals surface area contributed by atoms with E-state index in [-0.39, 0.29) is 5.91 Å². The quantitative estimate of drug-likeness (QED) is 0.840. The lowest BCUT2D eigenvalue weighted by Crippen LogP contribution is -2.28. The number of rotatable bonds is 5. The predicted octanol–water partition coefficient (Wildman–Crippen LogP) is 2.43. The van der Waals surface area contributed by atoms with E-state index in [1.165, 1.54) is 25.7 Å². The summed E-state index contributed by atoms with van der Waals surface area (Å²) in [7, 11) is 0. The van der Waals surface area contributed by atoms with Gasteiger partial charge in [-0.3, -0.25) is 4.79 Å². The van der Waals surface area contributed by atoms with Crippen LogP contribution in [0.2, 0.25) is 0 Å². The first-order valence-corrected chi connectivity index (χ1v) is 6.77. The van der Waals surface area contributed by atoms with Crippen molar-refractivity contribution >= 4 is 11.7 Å².